The Morgan fingerprint density at radius 1 is 1.37 bits per heavy atom. The van der Waals surface area contributed by atoms with Gasteiger partial charge in [-0.1, -0.05) is 40.6 Å². The summed E-state index contributed by atoms with van der Waals surface area (Å²) in [6.45, 7) is 1.60. The van der Waals surface area contributed by atoms with E-state index in [1.807, 2.05) is 12.1 Å². The van der Waals surface area contributed by atoms with Gasteiger partial charge < -0.3 is 4.84 Å². The lowest BCUT2D eigenvalue weighted by Crippen LogP contribution is -2.41. The van der Waals surface area contributed by atoms with Gasteiger partial charge in [0.05, 0.1) is 5.71 Å². The number of ketones is 1. The van der Waals surface area contributed by atoms with Crippen molar-refractivity contribution in [2.45, 2.75) is 12.5 Å². The molecule has 0 spiro atoms. The van der Waals surface area contributed by atoms with Crippen LogP contribution < -0.4 is 0 Å². The summed E-state index contributed by atoms with van der Waals surface area (Å²) in [5.74, 6) is -0.331. The van der Waals surface area contributed by atoms with E-state index in [1.54, 1.807) is 25.1 Å². The van der Waals surface area contributed by atoms with Crippen LogP contribution in [0.4, 0.5) is 0 Å². The van der Waals surface area contributed by atoms with Crippen molar-refractivity contribution >= 4 is 17.6 Å². The molecular formula is C13H12N4O2. The highest BCUT2D eigenvalue weighted by molar-refractivity contribution is 6.20. The lowest BCUT2D eigenvalue weighted by Gasteiger charge is -2.30. The van der Waals surface area contributed by atoms with Crippen LogP contribution in [0.5, 0.6) is 0 Å². The summed E-state index contributed by atoms with van der Waals surface area (Å²) in [5, 5.41) is 7.51. The van der Waals surface area contributed by atoms with E-state index in [1.165, 1.54) is 13.2 Å². The Morgan fingerprint density at radius 2 is 2.11 bits per heavy atom. The quantitative estimate of drug-likeness (QED) is 0.273. The van der Waals surface area contributed by atoms with Crippen LogP contribution in [0.1, 0.15) is 18.1 Å². The fourth-order valence-corrected chi connectivity index (χ4v) is 2.21. The molecule has 1 aliphatic carbocycles. The molecule has 19 heavy (non-hydrogen) atoms. The van der Waals surface area contributed by atoms with Crippen molar-refractivity contribution in [3.8, 4) is 0 Å². The third kappa shape index (κ3) is 1.88. The van der Waals surface area contributed by atoms with Gasteiger partial charge in [-0.3, -0.25) is 4.79 Å². The van der Waals surface area contributed by atoms with Gasteiger partial charge in [0.2, 0.25) is 0 Å². The van der Waals surface area contributed by atoms with Crippen molar-refractivity contribution in [2.75, 3.05) is 7.11 Å². The number of hydrogen-bond donors (Lipinski definition) is 0. The standard InChI is InChI=1S/C13H12N4O2/c1-9(15-19-2)13(16-17-14)11-6-4-3-5-10(11)7-8-12(13)18/h3-8H,1-2H3/b15-9+. The Morgan fingerprint density at radius 3 is 2.79 bits per heavy atom. The summed E-state index contributed by atoms with van der Waals surface area (Å²) in [6.07, 6.45) is 3.09. The molecule has 0 fully saturated rings. The molecule has 1 aromatic rings. The number of hydrogen-bond acceptors (Lipinski definition) is 4. The van der Waals surface area contributed by atoms with Crippen molar-refractivity contribution in [2.24, 2.45) is 10.3 Å². The van der Waals surface area contributed by atoms with E-state index in [4.69, 9.17) is 10.4 Å². The molecule has 1 unspecified atom stereocenters. The second-order valence-corrected chi connectivity index (χ2v) is 4.04. The first-order chi connectivity index (χ1) is 9.16. The normalized spacial score (nSPS) is 21.6. The number of nitrogens with zero attached hydrogens (tertiary/aromatic N) is 4. The summed E-state index contributed by atoms with van der Waals surface area (Å²) in [5.41, 5.74) is 9.10. The summed E-state index contributed by atoms with van der Waals surface area (Å²) in [6, 6.07) is 7.23. The monoisotopic (exact) mass is 256 g/mol. The molecule has 1 aliphatic rings. The van der Waals surface area contributed by atoms with E-state index in [-0.39, 0.29) is 5.78 Å². The second kappa shape index (κ2) is 4.96. The Bertz CT molecular complexity index is 629. The molecule has 0 saturated heterocycles. The van der Waals surface area contributed by atoms with E-state index in [0.29, 0.717) is 11.3 Å². The predicted molar refractivity (Wildman–Crippen MR) is 71.4 cm³/mol. The molecule has 6 heteroatoms. The van der Waals surface area contributed by atoms with E-state index in [0.717, 1.165) is 5.56 Å². The number of oxime groups is 1. The Kier molecular flexibility index (Phi) is 3.35. The number of rotatable bonds is 3. The van der Waals surface area contributed by atoms with Crippen molar-refractivity contribution in [1.82, 2.24) is 0 Å². The van der Waals surface area contributed by atoms with Gasteiger partial charge in [0.15, 0.2) is 11.3 Å². The first-order valence-electron chi connectivity index (χ1n) is 5.63. The molecule has 96 valence electrons. The third-order valence-corrected chi connectivity index (χ3v) is 3.07. The Labute approximate surface area is 110 Å². The molecule has 0 N–H and O–H groups in total. The number of carbonyl (C=O) groups is 1. The number of azide groups is 1. The van der Waals surface area contributed by atoms with Crippen LogP contribution in [-0.2, 0) is 15.2 Å². The van der Waals surface area contributed by atoms with Gasteiger partial charge in [-0.05, 0) is 29.7 Å². The van der Waals surface area contributed by atoms with Gasteiger partial charge in [-0.25, -0.2) is 0 Å². The van der Waals surface area contributed by atoms with Gasteiger partial charge in [-0.15, -0.1) is 0 Å². The molecule has 1 atom stereocenters. The first kappa shape index (κ1) is 12.9. The van der Waals surface area contributed by atoms with Gasteiger partial charge in [0, 0.05) is 4.91 Å². The molecule has 0 aromatic heterocycles. The van der Waals surface area contributed by atoms with E-state index in [2.05, 4.69) is 15.2 Å². The highest BCUT2D eigenvalue weighted by atomic mass is 16.6. The fourth-order valence-electron chi connectivity index (χ4n) is 2.21. The Balaban J connectivity index is 2.79. The zero-order chi connectivity index (χ0) is 13.9. The summed E-state index contributed by atoms with van der Waals surface area (Å²) >= 11 is 0. The van der Waals surface area contributed by atoms with Crippen LogP contribution in [0, 0.1) is 0 Å². The lowest BCUT2D eigenvalue weighted by atomic mass is 9.77. The molecule has 0 radical (unpaired) electrons. The molecule has 0 saturated carbocycles. The minimum Gasteiger partial charge on any atom is -0.399 e. The van der Waals surface area contributed by atoms with Crippen molar-refractivity contribution < 1.29 is 9.63 Å². The molecule has 0 heterocycles. The summed E-state index contributed by atoms with van der Waals surface area (Å²) in [7, 11) is 1.38. The maximum Gasteiger partial charge on any atom is 0.178 e. The zero-order valence-corrected chi connectivity index (χ0v) is 10.6. The minimum atomic E-state index is -1.46. The summed E-state index contributed by atoms with van der Waals surface area (Å²) in [4.78, 5) is 19.8. The maximum atomic E-state index is 12.3. The van der Waals surface area contributed by atoms with Gasteiger partial charge in [0.25, 0.3) is 0 Å². The van der Waals surface area contributed by atoms with E-state index >= 15 is 0 Å². The Hall–Kier alpha value is -2.59. The predicted octanol–water partition coefficient (Wildman–Crippen LogP) is 2.81. The topological polar surface area (TPSA) is 87.4 Å². The minimum absolute atomic E-state index is 0.301. The van der Waals surface area contributed by atoms with Crippen LogP contribution >= 0.6 is 0 Å². The average molecular weight is 256 g/mol. The van der Waals surface area contributed by atoms with Crippen molar-refractivity contribution in [1.29, 1.82) is 0 Å². The number of benzene rings is 1. The smallest absolute Gasteiger partial charge is 0.178 e. The molecule has 1 aromatic carbocycles. The van der Waals surface area contributed by atoms with E-state index < -0.39 is 5.54 Å². The van der Waals surface area contributed by atoms with Crippen molar-refractivity contribution in [3.63, 3.8) is 0 Å². The molecule has 0 aliphatic heterocycles. The zero-order valence-electron chi connectivity index (χ0n) is 10.6. The SMILES string of the molecule is CO/N=C(\C)C1(N=[N+]=[N-])C(=O)C=Cc2ccccc21. The third-order valence-electron chi connectivity index (χ3n) is 3.07. The number of carbonyl (C=O) groups excluding carboxylic acids is 1. The van der Waals surface area contributed by atoms with Gasteiger partial charge in [-0.2, -0.15) is 0 Å². The fraction of sp³-hybridized carbons (Fsp3) is 0.231. The number of fused-ring (bicyclic) bond motifs is 1. The lowest BCUT2D eigenvalue weighted by molar-refractivity contribution is -0.117. The van der Waals surface area contributed by atoms with Crippen LogP contribution in [-0.4, -0.2) is 18.6 Å². The first-order valence-corrected chi connectivity index (χ1v) is 5.63. The second-order valence-electron chi connectivity index (χ2n) is 4.04. The molecule has 6 nitrogen and oxygen atoms in total. The van der Waals surface area contributed by atoms with Crippen LogP contribution in [0.15, 0.2) is 40.6 Å². The van der Waals surface area contributed by atoms with E-state index in [9.17, 15) is 4.79 Å². The van der Waals surface area contributed by atoms with Gasteiger partial charge in [0.1, 0.15) is 7.11 Å². The average Bonchev–Trinajstić information content (AvgIpc) is 2.42. The van der Waals surface area contributed by atoms with Crippen LogP contribution in [0.2, 0.25) is 0 Å². The van der Waals surface area contributed by atoms with Crippen LogP contribution in [0.25, 0.3) is 16.5 Å². The highest BCUT2D eigenvalue weighted by Gasteiger charge is 2.44. The largest absolute Gasteiger partial charge is 0.399 e. The maximum absolute atomic E-state index is 12.3. The molecule has 2 rings (SSSR count). The van der Waals surface area contributed by atoms with Crippen LogP contribution in [0.3, 0.4) is 0 Å². The molecule has 0 bridgehead atoms. The highest BCUT2D eigenvalue weighted by Crippen LogP contribution is 2.36. The van der Waals surface area contributed by atoms with Gasteiger partial charge >= 0.3 is 0 Å². The molecule has 0 amide bonds. The molecular weight excluding hydrogens is 244 g/mol. The van der Waals surface area contributed by atoms with Crippen molar-refractivity contribution in [3.05, 3.63) is 51.9 Å². The summed E-state index contributed by atoms with van der Waals surface area (Å²) < 4.78 is 0.